The molecule has 5 rings (SSSR count). The van der Waals surface area contributed by atoms with Gasteiger partial charge in [-0.15, -0.1) is 0 Å². The fourth-order valence-electron chi connectivity index (χ4n) is 6.46. The van der Waals surface area contributed by atoms with Crippen molar-refractivity contribution in [2.24, 2.45) is 5.92 Å². The third-order valence-electron chi connectivity index (χ3n) is 8.50. The summed E-state index contributed by atoms with van der Waals surface area (Å²) in [5, 5.41) is 0. The second-order valence-electron chi connectivity index (χ2n) is 11.5. The number of carbonyl (C=O) groups excluding carboxylic acids is 2. The van der Waals surface area contributed by atoms with Gasteiger partial charge in [0.05, 0.1) is 16.9 Å². The van der Waals surface area contributed by atoms with Crippen molar-refractivity contribution in [3.63, 3.8) is 0 Å². The summed E-state index contributed by atoms with van der Waals surface area (Å²) in [5.74, 6) is -1.25. The first kappa shape index (κ1) is 28.4. The maximum absolute atomic E-state index is 14.0. The van der Waals surface area contributed by atoms with Gasteiger partial charge in [-0.3, -0.25) is 19.4 Å². The smallest absolute Gasteiger partial charge is 0.368 e. The Bertz CT molecular complexity index is 1300. The maximum Gasteiger partial charge on any atom is 0.416 e. The number of para-hydroxylation sites is 1. The molecule has 3 atom stereocenters. The molecule has 2 saturated heterocycles. The average molecular weight is 559 g/mol. The van der Waals surface area contributed by atoms with E-state index >= 15 is 0 Å². The van der Waals surface area contributed by atoms with E-state index in [9.17, 15) is 22.8 Å². The van der Waals surface area contributed by atoms with Crippen molar-refractivity contribution in [2.45, 2.75) is 45.5 Å². The Morgan fingerprint density at radius 3 is 2.48 bits per heavy atom. The number of aryl methyl sites for hydroxylation is 2. The lowest BCUT2D eigenvalue weighted by atomic mass is 9.95. The minimum atomic E-state index is -4.60. The molecule has 8 nitrogen and oxygen atoms in total. The zero-order chi connectivity index (χ0) is 28.9. The van der Waals surface area contributed by atoms with Crippen LogP contribution >= 0.6 is 0 Å². The van der Waals surface area contributed by atoms with Crippen molar-refractivity contribution in [3.05, 3.63) is 47.2 Å². The molecular weight excluding hydrogens is 521 g/mol. The largest absolute Gasteiger partial charge is 0.416 e. The van der Waals surface area contributed by atoms with E-state index in [2.05, 4.69) is 33.7 Å². The molecule has 0 bridgehead atoms. The van der Waals surface area contributed by atoms with E-state index in [0.717, 1.165) is 55.2 Å². The molecule has 1 aromatic heterocycles. The Labute approximate surface area is 233 Å². The van der Waals surface area contributed by atoms with E-state index in [4.69, 9.17) is 0 Å². The van der Waals surface area contributed by atoms with Gasteiger partial charge in [-0.1, -0.05) is 12.1 Å². The second-order valence-corrected chi connectivity index (χ2v) is 11.5. The highest BCUT2D eigenvalue weighted by atomic mass is 19.4. The Hall–Kier alpha value is -3.18. The van der Waals surface area contributed by atoms with Crippen LogP contribution in [-0.4, -0.2) is 92.0 Å². The van der Waals surface area contributed by atoms with E-state index in [-0.39, 0.29) is 23.8 Å². The number of benzene rings is 1. The third kappa shape index (κ3) is 5.28. The molecule has 0 aliphatic carbocycles. The number of carbonyl (C=O) groups is 2. The SMILES string of the molecule is Cc1cc(C(F)(F)F)cc(N2C(=O)C[C@@H]3CN(CCN4CCN(C)C[C@H]4C)c4c(C)cccc4N(C)C(=O)[C@H]32)n1. The summed E-state index contributed by atoms with van der Waals surface area (Å²) in [4.78, 5) is 41.5. The van der Waals surface area contributed by atoms with Gasteiger partial charge in [0.15, 0.2) is 0 Å². The number of nitrogens with zero attached hydrogens (tertiary/aromatic N) is 6. The molecule has 0 unspecified atom stereocenters. The zero-order valence-electron chi connectivity index (χ0n) is 23.7. The first-order chi connectivity index (χ1) is 18.8. The Morgan fingerprint density at radius 1 is 1.02 bits per heavy atom. The van der Waals surface area contributed by atoms with Crippen LogP contribution in [0.15, 0.2) is 30.3 Å². The summed E-state index contributed by atoms with van der Waals surface area (Å²) in [6, 6.07) is 7.08. The van der Waals surface area contributed by atoms with E-state index < -0.39 is 29.6 Å². The van der Waals surface area contributed by atoms with Crippen molar-refractivity contribution in [1.82, 2.24) is 14.8 Å². The number of likely N-dealkylation sites (N-methyl/N-ethyl adjacent to an activating group) is 2. The molecule has 3 aliphatic heterocycles. The highest BCUT2D eigenvalue weighted by Gasteiger charge is 2.49. The highest BCUT2D eigenvalue weighted by Crippen LogP contribution is 2.41. The Kier molecular flexibility index (Phi) is 7.56. The van der Waals surface area contributed by atoms with Crippen LogP contribution in [0.25, 0.3) is 0 Å². The number of pyridine rings is 1. The van der Waals surface area contributed by atoms with Gasteiger partial charge in [-0.05, 0) is 51.6 Å². The van der Waals surface area contributed by atoms with Crippen molar-refractivity contribution in [2.75, 3.05) is 68.1 Å². The lowest BCUT2D eigenvalue weighted by molar-refractivity contribution is -0.137. The van der Waals surface area contributed by atoms with Crippen LogP contribution in [0, 0.1) is 19.8 Å². The number of hydrogen-bond donors (Lipinski definition) is 0. The standard InChI is InChI=1S/C29H37F3N6O2/c1-18-7-6-8-23-26(18)37(12-11-36-10-9-34(4)16-20(36)3)17-21-14-25(39)38(27(21)28(40)35(23)5)24-15-22(29(30,31)32)13-19(2)33-24/h6-8,13,15,20-21,27H,9-12,14,16-17H2,1-5H3/t20-,21-,27+/m1/s1. The molecule has 2 fully saturated rings. The van der Waals surface area contributed by atoms with Gasteiger partial charge in [0.2, 0.25) is 11.8 Å². The third-order valence-corrected chi connectivity index (χ3v) is 8.50. The van der Waals surface area contributed by atoms with Gasteiger partial charge in [-0.2, -0.15) is 13.2 Å². The molecule has 2 amide bonds. The molecule has 3 aliphatic rings. The van der Waals surface area contributed by atoms with Crippen LogP contribution in [0.1, 0.15) is 30.2 Å². The van der Waals surface area contributed by atoms with Crippen molar-refractivity contribution in [1.29, 1.82) is 0 Å². The van der Waals surface area contributed by atoms with Crippen LogP contribution in [0.4, 0.5) is 30.4 Å². The predicted octanol–water partition coefficient (Wildman–Crippen LogP) is 3.56. The monoisotopic (exact) mass is 558 g/mol. The topological polar surface area (TPSA) is 63.2 Å². The minimum Gasteiger partial charge on any atom is -0.368 e. The summed E-state index contributed by atoms with van der Waals surface area (Å²) < 4.78 is 40.9. The molecule has 216 valence electrons. The summed E-state index contributed by atoms with van der Waals surface area (Å²) in [7, 11) is 3.80. The number of hydrogen-bond acceptors (Lipinski definition) is 6. The minimum absolute atomic E-state index is 0.0594. The lowest BCUT2D eigenvalue weighted by Crippen LogP contribution is -2.54. The fraction of sp³-hybridized carbons (Fsp3) is 0.552. The van der Waals surface area contributed by atoms with Crippen LogP contribution in [-0.2, 0) is 15.8 Å². The Balaban J connectivity index is 1.52. The van der Waals surface area contributed by atoms with Crippen LogP contribution in [0.3, 0.4) is 0 Å². The van der Waals surface area contributed by atoms with Gasteiger partial charge in [-0.25, -0.2) is 4.98 Å². The van der Waals surface area contributed by atoms with Crippen molar-refractivity contribution in [3.8, 4) is 0 Å². The normalized spacial score (nSPS) is 24.7. The number of alkyl halides is 3. The number of fused-ring (bicyclic) bond motifs is 2. The number of aromatic nitrogens is 1. The van der Waals surface area contributed by atoms with Crippen molar-refractivity contribution >= 4 is 29.0 Å². The zero-order valence-corrected chi connectivity index (χ0v) is 23.7. The van der Waals surface area contributed by atoms with Crippen molar-refractivity contribution < 1.29 is 22.8 Å². The molecule has 0 spiro atoms. The number of piperazine rings is 1. The summed E-state index contributed by atoms with van der Waals surface area (Å²) >= 11 is 0. The summed E-state index contributed by atoms with van der Waals surface area (Å²) in [5.41, 5.74) is 1.96. The molecular formula is C29H37F3N6O2. The second kappa shape index (κ2) is 10.7. The molecule has 0 saturated carbocycles. The molecule has 40 heavy (non-hydrogen) atoms. The van der Waals surface area contributed by atoms with Crippen LogP contribution in [0.5, 0.6) is 0 Å². The van der Waals surface area contributed by atoms with Gasteiger partial charge in [0.25, 0.3) is 0 Å². The highest BCUT2D eigenvalue weighted by molar-refractivity contribution is 6.10. The van der Waals surface area contributed by atoms with Crippen LogP contribution < -0.4 is 14.7 Å². The first-order valence-corrected chi connectivity index (χ1v) is 13.8. The van der Waals surface area contributed by atoms with E-state index in [1.165, 1.54) is 11.8 Å². The quantitative estimate of drug-likeness (QED) is 0.572. The van der Waals surface area contributed by atoms with E-state index in [1.54, 1.807) is 11.9 Å². The fourth-order valence-corrected chi connectivity index (χ4v) is 6.46. The molecule has 2 aromatic rings. The maximum atomic E-state index is 14.0. The molecule has 0 radical (unpaired) electrons. The van der Waals surface area contributed by atoms with E-state index in [0.29, 0.717) is 19.1 Å². The Morgan fingerprint density at radius 2 is 1.77 bits per heavy atom. The number of anilines is 3. The molecule has 0 N–H and O–H groups in total. The summed E-state index contributed by atoms with van der Waals surface area (Å²) in [6.07, 6.45) is -4.54. The lowest BCUT2D eigenvalue weighted by Gasteiger charge is -2.42. The van der Waals surface area contributed by atoms with Gasteiger partial charge in [0, 0.05) is 70.4 Å². The molecule has 1 aromatic carbocycles. The number of halogens is 3. The van der Waals surface area contributed by atoms with Gasteiger partial charge < -0.3 is 14.7 Å². The molecule has 4 heterocycles. The van der Waals surface area contributed by atoms with E-state index in [1.807, 2.05) is 25.1 Å². The van der Waals surface area contributed by atoms with Gasteiger partial charge in [0.1, 0.15) is 11.9 Å². The summed E-state index contributed by atoms with van der Waals surface area (Å²) in [6.45, 7) is 10.6. The number of amides is 2. The van der Waals surface area contributed by atoms with Crippen LogP contribution in [0.2, 0.25) is 0 Å². The average Bonchev–Trinajstić information content (AvgIpc) is 3.20. The first-order valence-electron chi connectivity index (χ1n) is 13.8. The number of rotatable bonds is 4. The molecule has 11 heteroatoms. The van der Waals surface area contributed by atoms with Gasteiger partial charge >= 0.3 is 6.18 Å². The predicted molar refractivity (Wildman–Crippen MR) is 149 cm³/mol.